The summed E-state index contributed by atoms with van der Waals surface area (Å²) >= 11 is 0. The Morgan fingerprint density at radius 1 is 1.70 bits per heavy atom. The number of rotatable bonds is 4. The lowest BCUT2D eigenvalue weighted by molar-refractivity contribution is -0.158. The van der Waals surface area contributed by atoms with Crippen LogP contribution in [0.15, 0.2) is 0 Å². The van der Waals surface area contributed by atoms with Gasteiger partial charge in [-0.15, -0.1) is 0 Å². The molecule has 1 unspecified atom stereocenters. The molecular weight excluding hydrogens is 148 g/mol. The molecule has 0 aliphatic carbocycles. The number of hydrogen-bond acceptors (Lipinski definition) is 3. The Bertz CT molecular complexity index is 105. The Morgan fingerprint density at radius 2 is 2.30 bits per heavy atom. The second-order valence-electron chi connectivity index (χ2n) is 2.05. The van der Waals surface area contributed by atoms with E-state index in [1.165, 1.54) is 6.92 Å². The first-order valence-corrected chi connectivity index (χ1v) is 5.03. The van der Waals surface area contributed by atoms with Gasteiger partial charge in [0, 0.05) is 6.92 Å². The molecule has 0 aliphatic rings. The maximum Gasteiger partial charge on any atom is 0.304 e. The van der Waals surface area contributed by atoms with Crippen molar-refractivity contribution in [3.05, 3.63) is 0 Å². The highest BCUT2D eigenvalue weighted by molar-refractivity contribution is 6.26. The molecule has 0 aromatic carbocycles. The molecule has 3 nitrogen and oxygen atoms in total. The van der Waals surface area contributed by atoms with Crippen molar-refractivity contribution in [2.45, 2.75) is 33.1 Å². The first kappa shape index (κ1) is 9.65. The molecule has 0 saturated heterocycles. The molecule has 0 bridgehead atoms. The Kier molecular flexibility index (Phi) is 5.24. The number of carbonyl (C=O) groups excluding carboxylic acids is 1. The lowest BCUT2D eigenvalue weighted by Gasteiger charge is -2.11. The smallest absolute Gasteiger partial charge is 0.304 e. The van der Waals surface area contributed by atoms with E-state index in [9.17, 15) is 4.79 Å². The molecule has 0 heterocycles. The van der Waals surface area contributed by atoms with Crippen LogP contribution in [0.2, 0.25) is 6.04 Å². The summed E-state index contributed by atoms with van der Waals surface area (Å²) in [5.74, 6) is -0.280. The van der Waals surface area contributed by atoms with Crippen molar-refractivity contribution in [3.63, 3.8) is 0 Å². The number of carbonyl (C=O) groups is 1. The van der Waals surface area contributed by atoms with Gasteiger partial charge in [-0.1, -0.05) is 6.92 Å². The number of hydrogen-bond donors (Lipinski definition) is 0. The van der Waals surface area contributed by atoms with E-state index in [1.54, 1.807) is 6.92 Å². The highest BCUT2D eigenvalue weighted by Gasteiger charge is 2.02. The Morgan fingerprint density at radius 3 is 2.70 bits per heavy atom. The Hall–Kier alpha value is -0.353. The average molecular weight is 162 g/mol. The second kappa shape index (κ2) is 5.43. The van der Waals surface area contributed by atoms with E-state index in [4.69, 9.17) is 9.16 Å². The number of ether oxygens (including phenoxy) is 1. The van der Waals surface area contributed by atoms with Crippen molar-refractivity contribution < 1.29 is 14.0 Å². The molecule has 0 fully saturated rings. The third kappa shape index (κ3) is 5.78. The van der Waals surface area contributed by atoms with Crippen LogP contribution in [0, 0.1) is 0 Å². The lowest BCUT2D eigenvalue weighted by atomic mass is 10.7. The summed E-state index contributed by atoms with van der Waals surface area (Å²) in [4.78, 5) is 10.3. The molecule has 0 spiro atoms. The van der Waals surface area contributed by atoms with E-state index >= 15 is 0 Å². The van der Waals surface area contributed by atoms with Crippen molar-refractivity contribution in [1.82, 2.24) is 0 Å². The van der Waals surface area contributed by atoms with E-state index in [0.717, 1.165) is 6.04 Å². The minimum Gasteiger partial charge on any atom is -0.437 e. The Labute approximate surface area is 63.7 Å². The van der Waals surface area contributed by atoms with Gasteiger partial charge in [0.15, 0.2) is 16.1 Å². The molecule has 60 valence electrons. The molecular formula is C6H14O3Si. The van der Waals surface area contributed by atoms with Crippen LogP contribution in [0.5, 0.6) is 0 Å². The third-order valence-electron chi connectivity index (χ3n) is 0.889. The molecule has 10 heavy (non-hydrogen) atoms. The van der Waals surface area contributed by atoms with Crippen LogP contribution in [0.4, 0.5) is 0 Å². The zero-order chi connectivity index (χ0) is 7.98. The fourth-order valence-electron chi connectivity index (χ4n) is 0.552. The maximum atomic E-state index is 10.3. The van der Waals surface area contributed by atoms with Crippen LogP contribution >= 0.6 is 0 Å². The molecule has 0 aliphatic heterocycles. The fraction of sp³-hybridized carbons (Fsp3) is 0.833. The Balaban J connectivity index is 3.25. The van der Waals surface area contributed by atoms with Crippen molar-refractivity contribution in [3.8, 4) is 0 Å². The van der Waals surface area contributed by atoms with Gasteiger partial charge in [0.05, 0.1) is 0 Å². The van der Waals surface area contributed by atoms with Crippen LogP contribution < -0.4 is 0 Å². The zero-order valence-corrected chi connectivity index (χ0v) is 8.13. The van der Waals surface area contributed by atoms with Gasteiger partial charge in [0.2, 0.25) is 0 Å². The summed E-state index contributed by atoms with van der Waals surface area (Å²) in [6, 6.07) is 1.08. The van der Waals surface area contributed by atoms with Gasteiger partial charge in [-0.3, -0.25) is 4.79 Å². The summed E-state index contributed by atoms with van der Waals surface area (Å²) in [6.45, 7) is 5.18. The van der Waals surface area contributed by atoms with Gasteiger partial charge in [0.1, 0.15) is 0 Å². The van der Waals surface area contributed by atoms with Crippen LogP contribution in [-0.4, -0.2) is 22.0 Å². The normalized spacial score (nSPS) is 13.9. The quantitative estimate of drug-likeness (QED) is 0.342. The van der Waals surface area contributed by atoms with E-state index in [-0.39, 0.29) is 12.3 Å². The molecule has 0 radical (unpaired) electrons. The molecule has 0 amide bonds. The van der Waals surface area contributed by atoms with E-state index in [0.29, 0.717) is 0 Å². The van der Waals surface area contributed by atoms with Gasteiger partial charge < -0.3 is 9.16 Å². The van der Waals surface area contributed by atoms with Gasteiger partial charge in [-0.25, -0.2) is 0 Å². The molecule has 0 N–H and O–H groups in total. The van der Waals surface area contributed by atoms with Crippen molar-refractivity contribution in [2.75, 3.05) is 0 Å². The molecule has 4 heteroatoms. The standard InChI is InChI=1S/C6H14O3Si/c1-4-10-9-6(3)8-5(2)7/h6H,4,10H2,1-3H3. The van der Waals surface area contributed by atoms with Crippen LogP contribution in [0.1, 0.15) is 20.8 Å². The fourth-order valence-corrected chi connectivity index (χ4v) is 1.19. The topological polar surface area (TPSA) is 35.5 Å². The second-order valence-corrected chi connectivity index (χ2v) is 3.79. The monoisotopic (exact) mass is 162 g/mol. The highest BCUT2D eigenvalue weighted by atomic mass is 28.2. The molecule has 0 rings (SSSR count). The average Bonchev–Trinajstić information content (AvgIpc) is 1.82. The largest absolute Gasteiger partial charge is 0.437 e. The molecule has 1 atom stereocenters. The van der Waals surface area contributed by atoms with Gasteiger partial charge in [-0.05, 0) is 13.0 Å². The summed E-state index contributed by atoms with van der Waals surface area (Å²) in [7, 11) is -0.446. The van der Waals surface area contributed by atoms with Gasteiger partial charge >= 0.3 is 5.97 Å². The zero-order valence-electron chi connectivity index (χ0n) is 6.72. The summed E-state index contributed by atoms with van der Waals surface area (Å²) in [5.41, 5.74) is 0. The summed E-state index contributed by atoms with van der Waals surface area (Å²) in [6.07, 6.45) is -0.343. The van der Waals surface area contributed by atoms with E-state index < -0.39 is 9.76 Å². The summed E-state index contributed by atoms with van der Waals surface area (Å²) in [5, 5.41) is 0. The highest BCUT2D eigenvalue weighted by Crippen LogP contribution is 1.93. The van der Waals surface area contributed by atoms with Crippen LogP contribution in [-0.2, 0) is 14.0 Å². The van der Waals surface area contributed by atoms with E-state index in [1.807, 2.05) is 0 Å². The molecule has 0 aromatic heterocycles. The van der Waals surface area contributed by atoms with Crippen molar-refractivity contribution in [1.29, 1.82) is 0 Å². The minimum absolute atomic E-state index is 0.280. The van der Waals surface area contributed by atoms with E-state index in [2.05, 4.69) is 6.92 Å². The molecule has 0 saturated carbocycles. The first-order valence-electron chi connectivity index (χ1n) is 3.45. The predicted molar refractivity (Wildman–Crippen MR) is 41.3 cm³/mol. The lowest BCUT2D eigenvalue weighted by Crippen LogP contribution is -2.17. The van der Waals surface area contributed by atoms with Gasteiger partial charge in [-0.2, -0.15) is 0 Å². The number of esters is 1. The van der Waals surface area contributed by atoms with Crippen molar-refractivity contribution in [2.24, 2.45) is 0 Å². The SMILES string of the molecule is CC[SiH2]OC(C)OC(C)=O. The third-order valence-corrected chi connectivity index (χ3v) is 2.00. The first-order chi connectivity index (χ1) is 4.66. The maximum absolute atomic E-state index is 10.3. The van der Waals surface area contributed by atoms with Crippen LogP contribution in [0.25, 0.3) is 0 Å². The van der Waals surface area contributed by atoms with Gasteiger partial charge in [0.25, 0.3) is 0 Å². The van der Waals surface area contributed by atoms with Crippen LogP contribution in [0.3, 0.4) is 0 Å². The minimum atomic E-state index is -0.446. The summed E-state index contributed by atoms with van der Waals surface area (Å²) < 4.78 is 9.92. The molecule has 0 aromatic rings. The van der Waals surface area contributed by atoms with Crippen molar-refractivity contribution >= 4 is 15.7 Å². The predicted octanol–water partition coefficient (Wildman–Crippen LogP) is 0.434.